The zero-order chi connectivity index (χ0) is 15.0. The maximum atomic E-state index is 13.8. The third-order valence-corrected chi connectivity index (χ3v) is 4.50. The van der Waals surface area contributed by atoms with Crippen molar-refractivity contribution < 1.29 is 17.6 Å². The molecule has 1 aliphatic carbocycles. The van der Waals surface area contributed by atoms with E-state index in [4.69, 9.17) is 0 Å². The van der Waals surface area contributed by atoms with Crippen molar-refractivity contribution >= 4 is 17.0 Å². The molecule has 0 spiro atoms. The highest BCUT2D eigenvalue weighted by atomic mass is 32.1. The van der Waals surface area contributed by atoms with E-state index in [1.54, 1.807) is 0 Å². The first-order valence-corrected chi connectivity index (χ1v) is 7.50. The Morgan fingerprint density at radius 1 is 1.19 bits per heavy atom. The Bertz CT molecular complexity index is 617. The van der Waals surface area contributed by atoms with E-state index in [0.29, 0.717) is 5.92 Å². The van der Waals surface area contributed by atoms with Gasteiger partial charge in [-0.1, -0.05) is 6.07 Å². The van der Waals surface area contributed by atoms with Gasteiger partial charge in [0.05, 0.1) is 17.3 Å². The highest BCUT2D eigenvalue weighted by molar-refractivity contribution is 7.10. The van der Waals surface area contributed by atoms with Crippen molar-refractivity contribution in [2.24, 2.45) is 5.92 Å². The van der Waals surface area contributed by atoms with E-state index in [1.165, 1.54) is 11.3 Å². The molecule has 21 heavy (non-hydrogen) atoms. The summed E-state index contributed by atoms with van der Waals surface area (Å²) >= 11 is 1.53. The summed E-state index contributed by atoms with van der Waals surface area (Å²) in [5.74, 6) is -0.303. The molecule has 2 aromatic rings. The van der Waals surface area contributed by atoms with Crippen LogP contribution in [0.1, 0.15) is 29.3 Å². The summed E-state index contributed by atoms with van der Waals surface area (Å²) in [4.78, 5) is 1.02. The topological polar surface area (TPSA) is 12.0 Å². The average Bonchev–Trinajstić information content (AvgIpc) is 3.11. The van der Waals surface area contributed by atoms with Crippen LogP contribution in [0.4, 0.5) is 23.2 Å². The van der Waals surface area contributed by atoms with E-state index >= 15 is 0 Å². The SMILES string of the molecule is Fc1ccc(C(F)(F)F)cc1NC(c1cccs1)C1CC1. The first-order chi connectivity index (χ1) is 9.95. The summed E-state index contributed by atoms with van der Waals surface area (Å²) in [5.41, 5.74) is -0.928. The van der Waals surface area contributed by atoms with E-state index in [-0.39, 0.29) is 11.7 Å². The van der Waals surface area contributed by atoms with Gasteiger partial charge in [0.15, 0.2) is 0 Å². The Kier molecular flexibility index (Phi) is 3.65. The zero-order valence-corrected chi connectivity index (χ0v) is 11.8. The van der Waals surface area contributed by atoms with Crippen LogP contribution in [0.15, 0.2) is 35.7 Å². The largest absolute Gasteiger partial charge is 0.416 e. The van der Waals surface area contributed by atoms with Crippen LogP contribution in [0, 0.1) is 11.7 Å². The molecule has 1 aromatic heterocycles. The fourth-order valence-corrected chi connectivity index (χ4v) is 3.17. The molecule has 1 aromatic carbocycles. The third kappa shape index (κ3) is 3.20. The Morgan fingerprint density at radius 2 is 1.95 bits per heavy atom. The van der Waals surface area contributed by atoms with Crippen molar-refractivity contribution in [2.45, 2.75) is 25.1 Å². The van der Waals surface area contributed by atoms with Gasteiger partial charge in [-0.15, -0.1) is 11.3 Å². The molecule has 1 atom stereocenters. The van der Waals surface area contributed by atoms with Crippen LogP contribution in [-0.4, -0.2) is 0 Å². The molecule has 1 unspecified atom stereocenters. The first kappa shape index (κ1) is 14.4. The van der Waals surface area contributed by atoms with Crippen molar-refractivity contribution in [3.63, 3.8) is 0 Å². The second-order valence-electron chi connectivity index (χ2n) is 5.17. The molecular formula is C15H13F4NS. The summed E-state index contributed by atoms with van der Waals surface area (Å²) in [6.45, 7) is 0. The number of anilines is 1. The summed E-state index contributed by atoms with van der Waals surface area (Å²) in [6.07, 6.45) is -2.45. The number of hydrogen-bond acceptors (Lipinski definition) is 2. The summed E-state index contributed by atoms with van der Waals surface area (Å²) in [6, 6.07) is 6.16. The van der Waals surface area contributed by atoms with Crippen LogP contribution in [0.25, 0.3) is 0 Å². The molecule has 0 saturated heterocycles. The smallest absolute Gasteiger partial charge is 0.375 e. The monoisotopic (exact) mass is 315 g/mol. The van der Waals surface area contributed by atoms with Crippen molar-refractivity contribution in [1.29, 1.82) is 0 Å². The van der Waals surface area contributed by atoms with E-state index in [1.807, 2.05) is 17.5 Å². The van der Waals surface area contributed by atoms with Gasteiger partial charge in [0.25, 0.3) is 0 Å². The van der Waals surface area contributed by atoms with Crippen LogP contribution in [0.5, 0.6) is 0 Å². The minimum Gasteiger partial charge on any atom is -0.375 e. The Balaban J connectivity index is 1.89. The highest BCUT2D eigenvalue weighted by Gasteiger charge is 2.35. The maximum Gasteiger partial charge on any atom is 0.416 e. The molecule has 1 heterocycles. The standard InChI is InChI=1S/C15H13F4NS/c16-11-6-5-10(15(17,18)19)8-12(11)20-14(9-3-4-9)13-2-1-7-21-13/h1-2,5-9,14,20H,3-4H2. The molecule has 0 radical (unpaired) electrons. The van der Waals surface area contributed by atoms with Crippen LogP contribution in [-0.2, 0) is 6.18 Å². The van der Waals surface area contributed by atoms with Gasteiger partial charge in [-0.25, -0.2) is 4.39 Å². The van der Waals surface area contributed by atoms with E-state index in [9.17, 15) is 17.6 Å². The molecule has 6 heteroatoms. The molecule has 3 rings (SSSR count). The number of rotatable bonds is 4. The van der Waals surface area contributed by atoms with Gasteiger partial charge in [-0.3, -0.25) is 0 Å². The summed E-state index contributed by atoms with van der Waals surface area (Å²) < 4.78 is 52.0. The maximum absolute atomic E-state index is 13.8. The molecule has 1 aliphatic rings. The molecule has 1 nitrogen and oxygen atoms in total. The molecule has 1 saturated carbocycles. The lowest BCUT2D eigenvalue weighted by Crippen LogP contribution is -2.14. The van der Waals surface area contributed by atoms with Gasteiger partial charge in [0.1, 0.15) is 5.82 Å². The van der Waals surface area contributed by atoms with Gasteiger partial charge < -0.3 is 5.32 Å². The van der Waals surface area contributed by atoms with Crippen LogP contribution >= 0.6 is 11.3 Å². The van der Waals surface area contributed by atoms with Gasteiger partial charge in [0, 0.05) is 4.88 Å². The lowest BCUT2D eigenvalue weighted by molar-refractivity contribution is -0.137. The van der Waals surface area contributed by atoms with Crippen molar-refractivity contribution in [3.05, 3.63) is 52.0 Å². The van der Waals surface area contributed by atoms with Crippen molar-refractivity contribution in [1.82, 2.24) is 0 Å². The first-order valence-electron chi connectivity index (χ1n) is 6.62. The number of alkyl halides is 3. The fraction of sp³-hybridized carbons (Fsp3) is 0.333. The Morgan fingerprint density at radius 3 is 2.52 bits per heavy atom. The minimum absolute atomic E-state index is 0.0878. The zero-order valence-electron chi connectivity index (χ0n) is 11.0. The van der Waals surface area contributed by atoms with Crippen LogP contribution in [0.2, 0.25) is 0 Å². The number of thiophene rings is 1. The molecule has 0 amide bonds. The normalized spacial score (nSPS) is 16.8. The lowest BCUT2D eigenvalue weighted by Gasteiger charge is -2.19. The van der Waals surface area contributed by atoms with Crippen molar-refractivity contribution in [2.75, 3.05) is 5.32 Å². The second-order valence-corrected chi connectivity index (χ2v) is 6.15. The molecule has 1 N–H and O–H groups in total. The van der Waals surface area contributed by atoms with Crippen molar-refractivity contribution in [3.8, 4) is 0 Å². The van der Waals surface area contributed by atoms with E-state index in [2.05, 4.69) is 5.32 Å². The average molecular weight is 315 g/mol. The van der Waals surface area contributed by atoms with Gasteiger partial charge in [0.2, 0.25) is 0 Å². The predicted molar refractivity (Wildman–Crippen MR) is 74.8 cm³/mol. The van der Waals surface area contributed by atoms with Gasteiger partial charge in [-0.2, -0.15) is 13.2 Å². The molecule has 0 bridgehead atoms. The molecule has 0 aliphatic heterocycles. The number of hydrogen-bond donors (Lipinski definition) is 1. The fourth-order valence-electron chi connectivity index (χ4n) is 2.30. The highest BCUT2D eigenvalue weighted by Crippen LogP contribution is 2.44. The van der Waals surface area contributed by atoms with Crippen LogP contribution in [0.3, 0.4) is 0 Å². The summed E-state index contributed by atoms with van der Waals surface area (Å²) in [5, 5.41) is 4.87. The Hall–Kier alpha value is -1.56. The van der Waals surface area contributed by atoms with Crippen LogP contribution < -0.4 is 5.32 Å². The summed E-state index contributed by atoms with van der Waals surface area (Å²) in [7, 11) is 0. The number of benzene rings is 1. The minimum atomic E-state index is -4.47. The van der Waals surface area contributed by atoms with Gasteiger partial charge >= 0.3 is 6.18 Å². The molecule has 112 valence electrons. The number of halogens is 4. The quantitative estimate of drug-likeness (QED) is 0.738. The van der Waals surface area contributed by atoms with E-state index in [0.717, 1.165) is 35.9 Å². The molecular weight excluding hydrogens is 302 g/mol. The van der Waals surface area contributed by atoms with Gasteiger partial charge in [-0.05, 0) is 48.4 Å². The predicted octanol–water partition coefficient (Wildman–Crippen LogP) is 5.47. The number of nitrogens with one attached hydrogen (secondary N) is 1. The second kappa shape index (κ2) is 5.33. The lowest BCUT2D eigenvalue weighted by atomic mass is 10.1. The Labute approximate surface area is 123 Å². The molecule has 1 fully saturated rings. The van der Waals surface area contributed by atoms with E-state index < -0.39 is 17.6 Å². The third-order valence-electron chi connectivity index (χ3n) is 3.55.